The number of hydrogen-bond acceptors (Lipinski definition) is 3. The Morgan fingerprint density at radius 3 is 2.71 bits per heavy atom. The highest BCUT2D eigenvalue weighted by Crippen LogP contribution is 2.18. The van der Waals surface area contributed by atoms with Crippen molar-refractivity contribution in [3.8, 4) is 0 Å². The summed E-state index contributed by atoms with van der Waals surface area (Å²) < 4.78 is 1.72. The molecule has 1 saturated heterocycles. The standard InChI is InChI=1S/C15H24N4O2/c1-10(2)7-13-15(21)19(11(3)8-14(20)16-13)9-12-5-6-18(4)17-12/h5-6,10-11,13H,7-9H2,1-4H3,(H,16,20). The van der Waals surface area contributed by atoms with E-state index < -0.39 is 6.04 Å². The first kappa shape index (κ1) is 15.5. The Hall–Kier alpha value is -1.85. The van der Waals surface area contributed by atoms with Gasteiger partial charge >= 0.3 is 0 Å². The molecule has 6 heteroatoms. The van der Waals surface area contributed by atoms with Crippen LogP contribution < -0.4 is 5.32 Å². The Morgan fingerprint density at radius 1 is 1.43 bits per heavy atom. The van der Waals surface area contributed by atoms with Crippen LogP contribution in [-0.2, 0) is 23.2 Å². The number of nitrogens with zero attached hydrogens (tertiary/aromatic N) is 3. The van der Waals surface area contributed by atoms with Crippen LogP contribution in [0.3, 0.4) is 0 Å². The topological polar surface area (TPSA) is 67.2 Å². The summed E-state index contributed by atoms with van der Waals surface area (Å²) in [7, 11) is 1.85. The number of aromatic nitrogens is 2. The van der Waals surface area contributed by atoms with Gasteiger partial charge in [-0.3, -0.25) is 14.3 Å². The number of rotatable bonds is 4. The van der Waals surface area contributed by atoms with Gasteiger partial charge in [-0.25, -0.2) is 0 Å². The molecule has 1 aliphatic heterocycles. The van der Waals surface area contributed by atoms with E-state index in [4.69, 9.17) is 0 Å². The number of nitrogens with one attached hydrogen (secondary N) is 1. The van der Waals surface area contributed by atoms with Gasteiger partial charge in [0.25, 0.3) is 0 Å². The van der Waals surface area contributed by atoms with Gasteiger partial charge in [-0.1, -0.05) is 13.8 Å². The molecule has 1 aromatic rings. The smallest absolute Gasteiger partial charge is 0.245 e. The quantitative estimate of drug-likeness (QED) is 0.902. The summed E-state index contributed by atoms with van der Waals surface area (Å²) >= 11 is 0. The molecule has 0 aromatic carbocycles. The van der Waals surface area contributed by atoms with Gasteiger partial charge in [0.05, 0.1) is 12.2 Å². The molecular formula is C15H24N4O2. The summed E-state index contributed by atoms with van der Waals surface area (Å²) in [6.07, 6.45) is 2.86. The lowest BCUT2D eigenvalue weighted by atomic mass is 10.0. The fourth-order valence-corrected chi connectivity index (χ4v) is 2.70. The summed E-state index contributed by atoms with van der Waals surface area (Å²) in [5.41, 5.74) is 0.843. The SMILES string of the molecule is CC(C)CC1NC(=O)CC(C)N(Cc2ccn(C)n2)C1=O. The molecule has 6 nitrogen and oxygen atoms in total. The zero-order valence-electron chi connectivity index (χ0n) is 13.2. The van der Waals surface area contributed by atoms with Gasteiger partial charge in [0, 0.05) is 25.7 Å². The molecule has 2 atom stereocenters. The maximum atomic E-state index is 12.7. The summed E-state index contributed by atoms with van der Waals surface area (Å²) in [6, 6.07) is 1.36. The van der Waals surface area contributed by atoms with Crippen LogP contribution in [0.2, 0.25) is 0 Å². The lowest BCUT2D eigenvalue weighted by molar-refractivity contribution is -0.136. The van der Waals surface area contributed by atoms with Crippen LogP contribution in [-0.4, -0.2) is 38.6 Å². The maximum Gasteiger partial charge on any atom is 0.245 e. The molecule has 2 amide bonds. The van der Waals surface area contributed by atoms with Crippen molar-refractivity contribution in [1.82, 2.24) is 20.0 Å². The second-order valence-electron chi connectivity index (χ2n) is 6.25. The van der Waals surface area contributed by atoms with E-state index in [0.29, 0.717) is 25.3 Å². The van der Waals surface area contributed by atoms with E-state index in [0.717, 1.165) is 5.69 Å². The van der Waals surface area contributed by atoms with Crippen LogP contribution in [0.4, 0.5) is 0 Å². The van der Waals surface area contributed by atoms with Crippen molar-refractivity contribution in [3.05, 3.63) is 18.0 Å². The summed E-state index contributed by atoms with van der Waals surface area (Å²) in [4.78, 5) is 26.4. The highest BCUT2D eigenvalue weighted by Gasteiger charge is 2.34. The van der Waals surface area contributed by atoms with Crippen molar-refractivity contribution in [1.29, 1.82) is 0 Å². The first-order valence-electron chi connectivity index (χ1n) is 7.45. The highest BCUT2D eigenvalue weighted by molar-refractivity contribution is 5.90. The molecule has 1 fully saturated rings. The maximum absolute atomic E-state index is 12.7. The van der Waals surface area contributed by atoms with Gasteiger partial charge in [0.15, 0.2) is 0 Å². The van der Waals surface area contributed by atoms with Crippen molar-refractivity contribution in [2.75, 3.05) is 0 Å². The lowest BCUT2D eigenvalue weighted by Gasteiger charge is -2.28. The molecule has 0 radical (unpaired) electrons. The number of aryl methyl sites for hydroxylation is 1. The number of carbonyl (C=O) groups excluding carboxylic acids is 2. The molecule has 116 valence electrons. The van der Waals surface area contributed by atoms with E-state index in [-0.39, 0.29) is 17.9 Å². The molecule has 2 rings (SSSR count). The van der Waals surface area contributed by atoms with Crippen LogP contribution in [0.15, 0.2) is 12.3 Å². The van der Waals surface area contributed by atoms with Gasteiger partial charge in [0.2, 0.25) is 11.8 Å². The first-order valence-corrected chi connectivity index (χ1v) is 7.45. The zero-order chi connectivity index (χ0) is 15.6. The second kappa shape index (κ2) is 6.28. The third kappa shape index (κ3) is 3.83. The Morgan fingerprint density at radius 2 is 2.14 bits per heavy atom. The largest absolute Gasteiger partial charge is 0.344 e. The molecule has 1 N–H and O–H groups in total. The van der Waals surface area contributed by atoms with E-state index in [1.165, 1.54) is 0 Å². The minimum atomic E-state index is -0.425. The monoisotopic (exact) mass is 292 g/mol. The molecule has 21 heavy (non-hydrogen) atoms. The second-order valence-corrected chi connectivity index (χ2v) is 6.25. The van der Waals surface area contributed by atoms with Crippen LogP contribution >= 0.6 is 0 Å². The van der Waals surface area contributed by atoms with E-state index >= 15 is 0 Å². The number of carbonyl (C=O) groups is 2. The number of hydrogen-bond donors (Lipinski definition) is 1. The van der Waals surface area contributed by atoms with Crippen molar-refractivity contribution in [2.24, 2.45) is 13.0 Å². The molecule has 0 aliphatic carbocycles. The van der Waals surface area contributed by atoms with Crippen molar-refractivity contribution in [2.45, 2.75) is 52.2 Å². The van der Waals surface area contributed by atoms with Crippen LogP contribution in [0, 0.1) is 5.92 Å². The third-order valence-electron chi connectivity index (χ3n) is 3.74. The van der Waals surface area contributed by atoms with Gasteiger partial charge in [-0.05, 0) is 25.3 Å². The molecular weight excluding hydrogens is 268 g/mol. The van der Waals surface area contributed by atoms with Gasteiger partial charge in [-0.15, -0.1) is 0 Å². The molecule has 2 heterocycles. The van der Waals surface area contributed by atoms with Crippen LogP contribution in [0.1, 0.15) is 39.3 Å². The van der Waals surface area contributed by atoms with Crippen molar-refractivity contribution < 1.29 is 9.59 Å². The summed E-state index contributed by atoms with van der Waals surface area (Å²) in [5, 5.41) is 7.18. The third-order valence-corrected chi connectivity index (χ3v) is 3.74. The summed E-state index contributed by atoms with van der Waals surface area (Å²) in [6.45, 7) is 6.47. The molecule has 2 unspecified atom stereocenters. The Bertz CT molecular complexity index is 523. The molecule has 1 aliphatic rings. The lowest BCUT2D eigenvalue weighted by Crippen LogP contribution is -2.46. The normalized spacial score (nSPS) is 23.4. The Kier molecular flexibility index (Phi) is 4.65. The Balaban J connectivity index is 2.19. The van der Waals surface area contributed by atoms with Gasteiger partial charge < -0.3 is 10.2 Å². The average Bonchev–Trinajstić information content (AvgIpc) is 2.75. The zero-order valence-corrected chi connectivity index (χ0v) is 13.2. The van der Waals surface area contributed by atoms with Crippen LogP contribution in [0.25, 0.3) is 0 Å². The molecule has 1 aromatic heterocycles. The number of amides is 2. The highest BCUT2D eigenvalue weighted by atomic mass is 16.2. The van der Waals surface area contributed by atoms with Crippen molar-refractivity contribution >= 4 is 11.8 Å². The first-order chi connectivity index (χ1) is 9.86. The summed E-state index contributed by atoms with van der Waals surface area (Å²) in [5.74, 6) is 0.294. The average molecular weight is 292 g/mol. The van der Waals surface area contributed by atoms with Crippen LogP contribution in [0.5, 0.6) is 0 Å². The fourth-order valence-electron chi connectivity index (χ4n) is 2.70. The van der Waals surface area contributed by atoms with Gasteiger partial charge in [-0.2, -0.15) is 5.10 Å². The predicted molar refractivity (Wildman–Crippen MR) is 79.2 cm³/mol. The molecule has 0 bridgehead atoms. The van der Waals surface area contributed by atoms with Crippen molar-refractivity contribution in [3.63, 3.8) is 0 Å². The Labute approximate surface area is 125 Å². The predicted octanol–water partition coefficient (Wildman–Crippen LogP) is 1.07. The minimum absolute atomic E-state index is 0.00676. The molecule has 0 saturated carbocycles. The van der Waals surface area contributed by atoms with E-state index in [2.05, 4.69) is 24.3 Å². The molecule has 0 spiro atoms. The van der Waals surface area contributed by atoms with Gasteiger partial charge in [0.1, 0.15) is 6.04 Å². The van der Waals surface area contributed by atoms with E-state index in [1.807, 2.05) is 26.2 Å². The van der Waals surface area contributed by atoms with E-state index in [9.17, 15) is 9.59 Å². The van der Waals surface area contributed by atoms with E-state index in [1.54, 1.807) is 9.58 Å². The fraction of sp³-hybridized carbons (Fsp3) is 0.667. The minimum Gasteiger partial charge on any atom is -0.344 e.